The molecule has 0 fully saturated rings. The predicted octanol–water partition coefficient (Wildman–Crippen LogP) is 8.06. The van der Waals surface area contributed by atoms with Crippen LogP contribution >= 0.6 is 0 Å². The Kier molecular flexibility index (Phi) is 13.3. The van der Waals surface area contributed by atoms with Crippen LogP contribution in [0.2, 0.25) is 0 Å². The fraction of sp³-hybridized carbons (Fsp3) is 0.371. The Morgan fingerprint density at radius 1 is 0.690 bits per heavy atom. The van der Waals surface area contributed by atoms with Crippen LogP contribution in [-0.4, -0.2) is 25.8 Å². The van der Waals surface area contributed by atoms with E-state index < -0.39 is 5.97 Å². The molecule has 7 nitrogen and oxygen atoms in total. The molecule has 0 unspecified atom stereocenters. The first-order chi connectivity index (χ1) is 20.4. The second-order valence-corrected chi connectivity index (χ2v) is 10.4. The highest BCUT2D eigenvalue weighted by Crippen LogP contribution is 2.28. The largest absolute Gasteiger partial charge is 0.494 e. The molecule has 222 valence electrons. The van der Waals surface area contributed by atoms with Crippen molar-refractivity contribution in [3.05, 3.63) is 83.4 Å². The van der Waals surface area contributed by atoms with Crippen molar-refractivity contribution in [1.29, 1.82) is 5.26 Å². The zero-order valence-corrected chi connectivity index (χ0v) is 24.9. The van der Waals surface area contributed by atoms with E-state index in [1.807, 2.05) is 55.5 Å². The van der Waals surface area contributed by atoms with Crippen LogP contribution in [0.3, 0.4) is 0 Å². The van der Waals surface area contributed by atoms with Gasteiger partial charge in [-0.15, -0.1) is 0 Å². The minimum atomic E-state index is -0.413. The third-order valence-electron chi connectivity index (χ3n) is 6.94. The van der Waals surface area contributed by atoms with Gasteiger partial charge < -0.3 is 25.7 Å². The molecule has 0 amide bonds. The van der Waals surface area contributed by atoms with Crippen LogP contribution in [0, 0.1) is 11.3 Å². The quantitative estimate of drug-likeness (QED) is 0.0554. The molecule has 0 aliphatic carbocycles. The van der Waals surface area contributed by atoms with E-state index in [-0.39, 0.29) is 0 Å². The second kappa shape index (κ2) is 17.4. The van der Waals surface area contributed by atoms with Gasteiger partial charge in [-0.2, -0.15) is 5.26 Å². The summed E-state index contributed by atoms with van der Waals surface area (Å²) in [5, 5.41) is 9.88. The monoisotopic (exact) mass is 569 g/mol. The zero-order valence-electron chi connectivity index (χ0n) is 24.9. The molecule has 3 rings (SSSR count). The fourth-order valence-electron chi connectivity index (χ4n) is 4.54. The molecule has 4 N–H and O–H groups in total. The van der Waals surface area contributed by atoms with Crippen LogP contribution in [0.4, 0.5) is 11.4 Å². The van der Waals surface area contributed by atoms with Gasteiger partial charge in [-0.1, -0.05) is 38.3 Å². The zero-order chi connectivity index (χ0) is 30.2. The van der Waals surface area contributed by atoms with Crippen molar-refractivity contribution in [3.8, 4) is 17.6 Å². The number of unbranched alkanes of at least 4 members (excludes halogenated alkanes) is 6. The maximum atomic E-state index is 12.1. The molecular formula is C35H43N3O4. The Labute approximate surface area is 250 Å². The van der Waals surface area contributed by atoms with Crippen LogP contribution in [-0.2, 0) is 4.74 Å². The molecule has 0 radical (unpaired) electrons. The van der Waals surface area contributed by atoms with Crippen molar-refractivity contribution in [2.75, 3.05) is 31.3 Å². The summed E-state index contributed by atoms with van der Waals surface area (Å²) >= 11 is 0. The van der Waals surface area contributed by atoms with Crippen molar-refractivity contribution in [3.63, 3.8) is 0 Å². The predicted molar refractivity (Wildman–Crippen MR) is 170 cm³/mol. The molecule has 3 aromatic rings. The van der Waals surface area contributed by atoms with Gasteiger partial charge >= 0.3 is 5.97 Å². The third kappa shape index (κ3) is 10.5. The number of esters is 1. The molecule has 42 heavy (non-hydrogen) atoms. The number of nitrogens with two attached hydrogens (primary N) is 2. The smallest absolute Gasteiger partial charge is 0.338 e. The molecule has 0 atom stereocenters. The lowest BCUT2D eigenvalue weighted by Crippen LogP contribution is -2.08. The van der Waals surface area contributed by atoms with Crippen molar-refractivity contribution >= 4 is 28.5 Å². The second-order valence-electron chi connectivity index (χ2n) is 10.4. The number of hydrogen-bond donors (Lipinski definition) is 2. The minimum absolute atomic E-state index is 0.352. The Morgan fingerprint density at radius 3 is 1.71 bits per heavy atom. The van der Waals surface area contributed by atoms with E-state index in [1.54, 1.807) is 18.2 Å². The highest BCUT2D eigenvalue weighted by molar-refractivity contribution is 5.96. The Balaban J connectivity index is 1.38. The Morgan fingerprint density at radius 2 is 1.19 bits per heavy atom. The number of anilines is 2. The molecule has 0 aliphatic rings. The summed E-state index contributed by atoms with van der Waals surface area (Å²) < 4.78 is 17.1. The molecule has 0 saturated carbocycles. The lowest BCUT2D eigenvalue weighted by atomic mass is 9.96. The lowest BCUT2D eigenvalue weighted by Gasteiger charge is -2.10. The van der Waals surface area contributed by atoms with Gasteiger partial charge in [-0.3, -0.25) is 0 Å². The molecule has 0 saturated heterocycles. The molecule has 0 aromatic heterocycles. The molecular weight excluding hydrogens is 526 g/mol. The van der Waals surface area contributed by atoms with E-state index in [0.717, 1.165) is 60.3 Å². The van der Waals surface area contributed by atoms with Gasteiger partial charge in [0.1, 0.15) is 17.6 Å². The average Bonchev–Trinajstić information content (AvgIpc) is 2.99. The first-order valence-electron chi connectivity index (χ1n) is 14.8. The fourth-order valence-corrected chi connectivity index (χ4v) is 4.54. The Hall–Kier alpha value is -4.44. The number of hydrogen-bond acceptors (Lipinski definition) is 7. The van der Waals surface area contributed by atoms with E-state index in [9.17, 15) is 10.1 Å². The van der Waals surface area contributed by atoms with Crippen LogP contribution in [0.15, 0.2) is 66.7 Å². The SMILES string of the molecule is CCCCCCOc1ccc(/C(C#N)=C(\C)c2ccc(OCCCCCCOC(=O)c3cc(N)cc(N)c3)cc2)cc1. The molecule has 0 heterocycles. The van der Waals surface area contributed by atoms with Gasteiger partial charge in [0.2, 0.25) is 0 Å². The Bertz CT molecular complexity index is 1320. The number of benzene rings is 3. The summed E-state index contributed by atoms with van der Waals surface area (Å²) in [7, 11) is 0. The summed E-state index contributed by atoms with van der Waals surface area (Å²) in [6, 6.07) is 22.7. The normalized spacial score (nSPS) is 11.4. The summed E-state index contributed by atoms with van der Waals surface area (Å²) in [6.07, 6.45) is 8.26. The van der Waals surface area contributed by atoms with Gasteiger partial charge in [0.15, 0.2) is 0 Å². The van der Waals surface area contributed by atoms with Gasteiger partial charge in [0.05, 0.1) is 31.0 Å². The highest BCUT2D eigenvalue weighted by Gasteiger charge is 2.10. The van der Waals surface area contributed by atoms with E-state index >= 15 is 0 Å². The first-order valence-corrected chi connectivity index (χ1v) is 14.8. The minimum Gasteiger partial charge on any atom is -0.494 e. The van der Waals surface area contributed by atoms with Crippen molar-refractivity contribution in [2.24, 2.45) is 0 Å². The summed E-state index contributed by atoms with van der Waals surface area (Å²) in [5.41, 5.74) is 16.1. The van der Waals surface area contributed by atoms with Crippen molar-refractivity contribution in [1.82, 2.24) is 0 Å². The number of ether oxygens (including phenoxy) is 3. The first kappa shape index (κ1) is 32.1. The van der Waals surface area contributed by atoms with Crippen LogP contribution < -0.4 is 20.9 Å². The van der Waals surface area contributed by atoms with Gasteiger partial charge in [0.25, 0.3) is 0 Å². The molecule has 0 bridgehead atoms. The molecule has 3 aromatic carbocycles. The van der Waals surface area contributed by atoms with Gasteiger partial charge in [-0.05, 0) is 110 Å². The highest BCUT2D eigenvalue weighted by atomic mass is 16.5. The molecule has 7 heteroatoms. The standard InChI is InChI=1S/C35H43N3O4/c1-3-4-5-8-19-40-33-17-13-28(14-18-33)34(25-36)26(2)27-11-15-32(16-12-27)41-20-9-6-7-10-21-42-35(39)29-22-30(37)24-31(38)23-29/h11-18,22-24H,3-10,19-21,37-38H2,1-2H3/b34-26+. The van der Waals surface area contributed by atoms with Crippen molar-refractivity contribution < 1.29 is 19.0 Å². The summed E-state index contributed by atoms with van der Waals surface area (Å²) in [6.45, 7) is 5.83. The van der Waals surface area contributed by atoms with Crippen molar-refractivity contribution in [2.45, 2.75) is 65.2 Å². The maximum absolute atomic E-state index is 12.1. The van der Waals surface area contributed by atoms with E-state index in [0.29, 0.717) is 42.3 Å². The average molecular weight is 570 g/mol. The molecule has 0 aliphatic heterocycles. The number of allylic oxidation sites excluding steroid dienone is 2. The maximum Gasteiger partial charge on any atom is 0.338 e. The topological polar surface area (TPSA) is 121 Å². The number of rotatable bonds is 17. The van der Waals surface area contributed by atoms with Crippen LogP contribution in [0.25, 0.3) is 11.1 Å². The summed E-state index contributed by atoms with van der Waals surface area (Å²) in [4.78, 5) is 12.1. The number of nitrogen functional groups attached to an aromatic ring is 2. The summed E-state index contributed by atoms with van der Waals surface area (Å²) in [5.74, 6) is 1.21. The van der Waals surface area contributed by atoms with Crippen LogP contribution in [0.1, 0.15) is 86.7 Å². The number of nitrogens with zero attached hydrogens (tertiary/aromatic N) is 1. The van der Waals surface area contributed by atoms with Gasteiger partial charge in [-0.25, -0.2) is 4.79 Å². The number of carbonyl (C=O) groups is 1. The number of nitriles is 1. The van der Waals surface area contributed by atoms with E-state index in [4.69, 9.17) is 25.7 Å². The molecule has 0 spiro atoms. The number of carbonyl (C=O) groups excluding carboxylic acids is 1. The van der Waals surface area contributed by atoms with E-state index in [2.05, 4.69) is 13.0 Å². The lowest BCUT2D eigenvalue weighted by molar-refractivity contribution is 0.0497. The van der Waals surface area contributed by atoms with Crippen LogP contribution in [0.5, 0.6) is 11.5 Å². The van der Waals surface area contributed by atoms with E-state index in [1.165, 1.54) is 19.3 Å². The third-order valence-corrected chi connectivity index (χ3v) is 6.94. The van der Waals surface area contributed by atoms with Gasteiger partial charge in [0, 0.05) is 11.4 Å².